The molecule has 0 aromatic carbocycles. The number of allylic oxidation sites excluding steroid dienone is 2. The summed E-state index contributed by atoms with van der Waals surface area (Å²) in [4.78, 5) is 24.4. The average Bonchev–Trinajstić information content (AvgIpc) is 3.32. The van der Waals surface area contributed by atoms with Gasteiger partial charge in [0.25, 0.3) is 0 Å². The summed E-state index contributed by atoms with van der Waals surface area (Å²) in [5.41, 5.74) is 0. The first-order chi connectivity index (χ1) is 32.5. The predicted molar refractivity (Wildman–Crippen MR) is 287 cm³/mol. The molecule has 0 saturated carbocycles. The third-order valence-corrected chi connectivity index (χ3v) is 14.1. The lowest BCUT2D eigenvalue weighted by Gasteiger charge is -2.22. The second-order valence-corrected chi connectivity index (χ2v) is 20.7. The summed E-state index contributed by atoms with van der Waals surface area (Å²) in [5, 5.41) is 23.1. The van der Waals surface area contributed by atoms with Crippen molar-refractivity contribution in [3.8, 4) is 0 Å². The largest absolute Gasteiger partial charge is 0.466 e. The van der Waals surface area contributed by atoms with E-state index in [1.807, 2.05) is 0 Å². The second kappa shape index (κ2) is 56.2. The number of carbonyl (C=O) groups is 2. The van der Waals surface area contributed by atoms with Crippen LogP contribution in [0.1, 0.15) is 335 Å². The standard InChI is InChI=1S/C60H117NO5/c1-3-5-7-9-11-13-33-38-42-46-50-54-60(65)66-55-51-47-43-39-35-32-30-28-26-24-22-20-18-16-14-15-17-19-21-23-25-27-29-31-34-37-41-45-49-53-59(64)61-57(56-62)58(63)52-48-44-40-36-12-10-8-6-4-2/h9,11,57-58,62-63H,3-8,10,12-56H2,1-2H3,(H,61,64)/b11-9-. The fraction of sp³-hybridized carbons (Fsp3) is 0.933. The van der Waals surface area contributed by atoms with Crippen LogP contribution in [0.25, 0.3) is 0 Å². The molecule has 0 aliphatic carbocycles. The molecule has 0 radical (unpaired) electrons. The smallest absolute Gasteiger partial charge is 0.305 e. The van der Waals surface area contributed by atoms with Crippen LogP contribution in [0.15, 0.2) is 12.2 Å². The molecule has 0 aliphatic rings. The SMILES string of the molecule is CCCC/C=C\CCCCCCCC(=O)OCCCCCCCCCCCCCCCCCCCCCCCCCCCCCCCC(=O)NC(CO)C(O)CCCCCCCCCCC. The molecule has 0 fully saturated rings. The van der Waals surface area contributed by atoms with Crippen molar-refractivity contribution in [2.24, 2.45) is 0 Å². The fourth-order valence-corrected chi connectivity index (χ4v) is 9.45. The highest BCUT2D eigenvalue weighted by molar-refractivity contribution is 5.76. The van der Waals surface area contributed by atoms with Crippen LogP contribution < -0.4 is 5.32 Å². The molecule has 3 N–H and O–H groups in total. The van der Waals surface area contributed by atoms with Crippen LogP contribution in [0.5, 0.6) is 0 Å². The molecule has 0 rings (SSSR count). The Balaban J connectivity index is 3.30. The number of esters is 1. The minimum Gasteiger partial charge on any atom is -0.466 e. The van der Waals surface area contributed by atoms with E-state index in [9.17, 15) is 19.8 Å². The number of hydrogen-bond donors (Lipinski definition) is 3. The van der Waals surface area contributed by atoms with Gasteiger partial charge in [0.05, 0.1) is 25.4 Å². The lowest BCUT2D eigenvalue weighted by Crippen LogP contribution is -2.45. The molecular weight excluding hydrogens is 815 g/mol. The number of aliphatic hydroxyl groups is 2. The number of carbonyl (C=O) groups excluding carboxylic acids is 2. The first kappa shape index (κ1) is 64.6. The Morgan fingerprint density at radius 3 is 1.12 bits per heavy atom. The summed E-state index contributed by atoms with van der Waals surface area (Å²) in [7, 11) is 0. The van der Waals surface area contributed by atoms with Gasteiger partial charge in [-0.2, -0.15) is 0 Å². The van der Waals surface area contributed by atoms with E-state index in [0.29, 0.717) is 25.9 Å². The number of nitrogens with one attached hydrogen (secondary N) is 1. The van der Waals surface area contributed by atoms with Gasteiger partial charge in [-0.05, 0) is 44.9 Å². The topological polar surface area (TPSA) is 95.9 Å². The predicted octanol–water partition coefficient (Wildman–Crippen LogP) is 18.5. The van der Waals surface area contributed by atoms with Crippen LogP contribution in [0.4, 0.5) is 0 Å². The van der Waals surface area contributed by atoms with E-state index in [1.165, 1.54) is 257 Å². The van der Waals surface area contributed by atoms with Crippen molar-refractivity contribution in [2.75, 3.05) is 13.2 Å². The second-order valence-electron chi connectivity index (χ2n) is 20.7. The van der Waals surface area contributed by atoms with Crippen molar-refractivity contribution in [3.63, 3.8) is 0 Å². The molecule has 6 heteroatoms. The van der Waals surface area contributed by atoms with Crippen LogP contribution in [0, 0.1) is 0 Å². The molecule has 392 valence electrons. The van der Waals surface area contributed by atoms with E-state index >= 15 is 0 Å². The van der Waals surface area contributed by atoms with E-state index in [-0.39, 0.29) is 18.5 Å². The van der Waals surface area contributed by atoms with Gasteiger partial charge in [0.15, 0.2) is 0 Å². The normalized spacial score (nSPS) is 12.6. The maximum atomic E-state index is 12.4. The Morgan fingerprint density at radius 2 is 0.727 bits per heavy atom. The van der Waals surface area contributed by atoms with Crippen LogP contribution in [0.2, 0.25) is 0 Å². The molecular formula is C60H117NO5. The van der Waals surface area contributed by atoms with Crippen LogP contribution >= 0.6 is 0 Å². The summed E-state index contributed by atoms with van der Waals surface area (Å²) >= 11 is 0. The Labute approximate surface area is 412 Å². The van der Waals surface area contributed by atoms with Gasteiger partial charge in [-0.3, -0.25) is 9.59 Å². The van der Waals surface area contributed by atoms with E-state index in [0.717, 1.165) is 44.9 Å². The molecule has 0 heterocycles. The highest BCUT2D eigenvalue weighted by atomic mass is 16.5. The summed E-state index contributed by atoms with van der Waals surface area (Å²) in [6, 6.07) is -0.535. The summed E-state index contributed by atoms with van der Waals surface area (Å²) in [6.45, 7) is 4.91. The zero-order valence-corrected chi connectivity index (χ0v) is 44.7. The van der Waals surface area contributed by atoms with Gasteiger partial charge in [0.1, 0.15) is 0 Å². The number of unbranched alkanes of at least 4 members (excludes halogenated alkanes) is 43. The molecule has 0 bridgehead atoms. The third-order valence-electron chi connectivity index (χ3n) is 14.1. The van der Waals surface area contributed by atoms with Gasteiger partial charge < -0.3 is 20.3 Å². The zero-order chi connectivity index (χ0) is 47.9. The molecule has 6 nitrogen and oxygen atoms in total. The van der Waals surface area contributed by atoms with Gasteiger partial charge in [0, 0.05) is 12.8 Å². The van der Waals surface area contributed by atoms with Crippen molar-refractivity contribution >= 4 is 11.9 Å². The number of ether oxygens (including phenoxy) is 1. The van der Waals surface area contributed by atoms with Crippen molar-refractivity contribution in [1.82, 2.24) is 5.32 Å². The molecule has 1 amide bonds. The van der Waals surface area contributed by atoms with Crippen molar-refractivity contribution in [1.29, 1.82) is 0 Å². The summed E-state index contributed by atoms with van der Waals surface area (Å²) < 4.78 is 5.46. The summed E-state index contributed by atoms with van der Waals surface area (Å²) in [5.74, 6) is -0.0241. The van der Waals surface area contributed by atoms with E-state index in [2.05, 4.69) is 31.3 Å². The molecule has 0 aromatic rings. The minimum atomic E-state index is -0.658. The lowest BCUT2D eigenvalue weighted by atomic mass is 10.0. The highest BCUT2D eigenvalue weighted by Gasteiger charge is 2.20. The van der Waals surface area contributed by atoms with Crippen molar-refractivity contribution in [3.05, 3.63) is 12.2 Å². The molecule has 2 atom stereocenters. The maximum absolute atomic E-state index is 12.4. The van der Waals surface area contributed by atoms with Crippen LogP contribution in [0.3, 0.4) is 0 Å². The molecule has 2 unspecified atom stereocenters. The van der Waals surface area contributed by atoms with Crippen LogP contribution in [-0.2, 0) is 14.3 Å². The molecule has 0 saturated heterocycles. The van der Waals surface area contributed by atoms with Crippen molar-refractivity contribution in [2.45, 2.75) is 347 Å². The average molecular weight is 933 g/mol. The number of amides is 1. The molecule has 66 heavy (non-hydrogen) atoms. The Kier molecular flexibility index (Phi) is 55.0. The van der Waals surface area contributed by atoms with Gasteiger partial charge >= 0.3 is 5.97 Å². The zero-order valence-electron chi connectivity index (χ0n) is 44.7. The third kappa shape index (κ3) is 52.0. The van der Waals surface area contributed by atoms with E-state index in [4.69, 9.17) is 4.74 Å². The Bertz CT molecular complexity index is 986. The van der Waals surface area contributed by atoms with Gasteiger partial charge in [0.2, 0.25) is 5.91 Å². The van der Waals surface area contributed by atoms with Gasteiger partial charge in [-0.25, -0.2) is 0 Å². The number of rotatable bonds is 56. The maximum Gasteiger partial charge on any atom is 0.305 e. The van der Waals surface area contributed by atoms with Gasteiger partial charge in [-0.15, -0.1) is 0 Å². The quantitative estimate of drug-likeness (QED) is 0.0321. The first-order valence-corrected chi connectivity index (χ1v) is 29.9. The van der Waals surface area contributed by atoms with E-state index < -0.39 is 12.1 Å². The number of aliphatic hydroxyl groups excluding tert-OH is 2. The monoisotopic (exact) mass is 932 g/mol. The van der Waals surface area contributed by atoms with E-state index in [1.54, 1.807) is 0 Å². The Hall–Kier alpha value is -1.40. The summed E-state index contributed by atoms with van der Waals surface area (Å²) in [6.07, 6.45) is 66.7. The van der Waals surface area contributed by atoms with Crippen molar-refractivity contribution < 1.29 is 24.5 Å². The lowest BCUT2D eigenvalue weighted by molar-refractivity contribution is -0.143. The first-order valence-electron chi connectivity index (χ1n) is 29.9. The molecule has 0 aromatic heterocycles. The highest BCUT2D eigenvalue weighted by Crippen LogP contribution is 2.18. The minimum absolute atomic E-state index is 0.00850. The Morgan fingerprint density at radius 1 is 0.409 bits per heavy atom. The van der Waals surface area contributed by atoms with Gasteiger partial charge in [-0.1, -0.05) is 289 Å². The number of hydrogen-bond acceptors (Lipinski definition) is 5. The molecule has 0 aliphatic heterocycles. The fourth-order valence-electron chi connectivity index (χ4n) is 9.45. The molecule has 0 spiro atoms. The van der Waals surface area contributed by atoms with Crippen LogP contribution in [-0.4, -0.2) is 47.4 Å².